The van der Waals surface area contributed by atoms with Gasteiger partial charge in [-0.1, -0.05) is 0 Å². The van der Waals surface area contributed by atoms with Gasteiger partial charge >= 0.3 is 6.18 Å². The SMILES string of the molecule is CN(C)C(=O)C1CN(c2ncc(N3CC[C@@H](Oc4ccc(C(=O)CCC(F)(F)F)cc4)C3=O)cn2)C1. The van der Waals surface area contributed by atoms with E-state index in [4.69, 9.17) is 4.74 Å². The van der Waals surface area contributed by atoms with Crippen LogP contribution in [0.1, 0.15) is 29.6 Å². The van der Waals surface area contributed by atoms with Gasteiger partial charge in [0.2, 0.25) is 11.9 Å². The van der Waals surface area contributed by atoms with Gasteiger partial charge in [0, 0.05) is 52.1 Å². The molecule has 0 aliphatic carbocycles. The molecule has 0 spiro atoms. The smallest absolute Gasteiger partial charge is 0.389 e. The zero-order valence-corrected chi connectivity index (χ0v) is 19.9. The van der Waals surface area contributed by atoms with Crippen LogP contribution in [0.4, 0.5) is 24.8 Å². The standard InChI is InChI=1S/C24H26F3N5O4/c1-30(2)21(34)16-13-31(14-16)23-28-11-17(12-29-23)32-10-8-20(22(32)35)36-18-5-3-15(4-6-18)19(33)7-9-24(25,26)27/h3-6,11-12,16,20H,7-10,13-14H2,1-2H3/t20-/m1/s1. The van der Waals surface area contributed by atoms with E-state index in [0.717, 1.165) is 0 Å². The lowest BCUT2D eigenvalue weighted by Gasteiger charge is -2.39. The Morgan fingerprint density at radius 1 is 1.11 bits per heavy atom. The predicted molar refractivity (Wildman–Crippen MR) is 124 cm³/mol. The average Bonchev–Trinajstić information content (AvgIpc) is 3.16. The summed E-state index contributed by atoms with van der Waals surface area (Å²) in [7, 11) is 3.44. The molecule has 0 bridgehead atoms. The number of benzene rings is 1. The molecule has 0 saturated carbocycles. The van der Waals surface area contributed by atoms with Gasteiger partial charge in [0.05, 0.1) is 30.4 Å². The van der Waals surface area contributed by atoms with Crippen LogP contribution >= 0.6 is 0 Å². The second-order valence-corrected chi connectivity index (χ2v) is 9.02. The van der Waals surface area contributed by atoms with Crippen LogP contribution in [0.25, 0.3) is 0 Å². The van der Waals surface area contributed by atoms with E-state index < -0.39 is 30.9 Å². The molecule has 2 saturated heterocycles. The minimum absolute atomic E-state index is 0.0688. The van der Waals surface area contributed by atoms with Crippen molar-refractivity contribution in [3.8, 4) is 5.75 Å². The normalized spacial score (nSPS) is 18.2. The maximum absolute atomic E-state index is 12.9. The first-order valence-corrected chi connectivity index (χ1v) is 11.5. The number of hydrogen-bond acceptors (Lipinski definition) is 7. The molecule has 1 aromatic carbocycles. The Bertz CT molecular complexity index is 1120. The number of ketones is 1. The number of anilines is 2. The van der Waals surface area contributed by atoms with Crippen molar-refractivity contribution in [1.29, 1.82) is 0 Å². The highest BCUT2D eigenvalue weighted by molar-refractivity contribution is 5.99. The summed E-state index contributed by atoms with van der Waals surface area (Å²) in [6.07, 6.45) is -3.38. The number of nitrogens with zero attached hydrogens (tertiary/aromatic N) is 5. The van der Waals surface area contributed by atoms with E-state index in [-0.39, 0.29) is 23.3 Å². The number of ether oxygens (including phenoxy) is 1. The van der Waals surface area contributed by atoms with Crippen molar-refractivity contribution in [2.45, 2.75) is 31.5 Å². The number of carbonyl (C=O) groups excluding carboxylic acids is 3. The fourth-order valence-corrected chi connectivity index (χ4v) is 4.08. The number of carbonyl (C=O) groups is 3. The molecular weight excluding hydrogens is 479 g/mol. The second kappa shape index (κ2) is 10.1. The average molecular weight is 505 g/mol. The van der Waals surface area contributed by atoms with Gasteiger partial charge in [0.25, 0.3) is 5.91 Å². The molecule has 4 rings (SSSR count). The number of amides is 2. The molecule has 9 nitrogen and oxygen atoms in total. The van der Waals surface area contributed by atoms with Gasteiger partial charge in [0.1, 0.15) is 5.75 Å². The summed E-state index contributed by atoms with van der Waals surface area (Å²) < 4.78 is 42.7. The number of Topliss-reactive ketones (excluding diaryl/α,β-unsaturated/α-hetero) is 1. The monoisotopic (exact) mass is 505 g/mol. The lowest BCUT2D eigenvalue weighted by Crippen LogP contribution is -2.54. The van der Waals surface area contributed by atoms with Crippen LogP contribution in [0.3, 0.4) is 0 Å². The zero-order valence-electron chi connectivity index (χ0n) is 19.9. The molecule has 1 atom stereocenters. The minimum Gasteiger partial charge on any atom is -0.481 e. The molecule has 2 fully saturated rings. The highest BCUT2D eigenvalue weighted by Crippen LogP contribution is 2.28. The van der Waals surface area contributed by atoms with Gasteiger partial charge in [-0.05, 0) is 24.3 Å². The Morgan fingerprint density at radius 3 is 2.33 bits per heavy atom. The molecule has 1 aromatic heterocycles. The summed E-state index contributed by atoms with van der Waals surface area (Å²) in [5.41, 5.74) is 0.685. The Hall–Kier alpha value is -3.70. The van der Waals surface area contributed by atoms with Crippen molar-refractivity contribution in [2.24, 2.45) is 5.92 Å². The van der Waals surface area contributed by atoms with Crippen LogP contribution in [0.2, 0.25) is 0 Å². The quantitative estimate of drug-likeness (QED) is 0.509. The number of hydrogen-bond donors (Lipinski definition) is 0. The fraction of sp³-hybridized carbons (Fsp3) is 0.458. The third-order valence-corrected chi connectivity index (χ3v) is 6.14. The Kier molecular flexibility index (Phi) is 7.14. The topological polar surface area (TPSA) is 95.9 Å². The first-order chi connectivity index (χ1) is 17.0. The minimum atomic E-state index is -4.39. The third kappa shape index (κ3) is 5.74. The summed E-state index contributed by atoms with van der Waals surface area (Å²) >= 11 is 0. The van der Waals surface area contributed by atoms with Crippen molar-refractivity contribution in [3.05, 3.63) is 42.2 Å². The van der Waals surface area contributed by atoms with Gasteiger partial charge in [-0.25, -0.2) is 9.97 Å². The van der Waals surface area contributed by atoms with E-state index in [1.807, 2.05) is 4.90 Å². The van der Waals surface area contributed by atoms with Crippen LogP contribution in [0.5, 0.6) is 5.75 Å². The van der Waals surface area contributed by atoms with Crippen LogP contribution in [0, 0.1) is 5.92 Å². The van der Waals surface area contributed by atoms with Crippen molar-refractivity contribution in [2.75, 3.05) is 43.5 Å². The van der Waals surface area contributed by atoms with Crippen LogP contribution in [-0.4, -0.2) is 78.5 Å². The van der Waals surface area contributed by atoms with Crippen LogP contribution in [0.15, 0.2) is 36.7 Å². The molecule has 0 N–H and O–H groups in total. The summed E-state index contributed by atoms with van der Waals surface area (Å²) in [6.45, 7) is 1.49. The summed E-state index contributed by atoms with van der Waals surface area (Å²) in [6, 6.07) is 5.72. The van der Waals surface area contributed by atoms with Crippen molar-refractivity contribution >= 4 is 29.2 Å². The fourth-order valence-electron chi connectivity index (χ4n) is 4.08. The highest BCUT2D eigenvalue weighted by Gasteiger charge is 2.37. The van der Waals surface area contributed by atoms with Crippen molar-refractivity contribution < 1.29 is 32.3 Å². The lowest BCUT2D eigenvalue weighted by molar-refractivity contribution is -0.134. The number of aromatic nitrogens is 2. The molecular formula is C24H26F3N5O4. The molecule has 2 aromatic rings. The van der Waals surface area contributed by atoms with Gasteiger partial charge in [-0.15, -0.1) is 0 Å². The maximum atomic E-state index is 12.9. The molecule has 3 heterocycles. The molecule has 0 radical (unpaired) electrons. The third-order valence-electron chi connectivity index (χ3n) is 6.14. The van der Waals surface area contributed by atoms with E-state index in [9.17, 15) is 27.6 Å². The van der Waals surface area contributed by atoms with E-state index in [2.05, 4.69) is 9.97 Å². The van der Waals surface area contributed by atoms with E-state index in [1.165, 1.54) is 29.2 Å². The van der Waals surface area contributed by atoms with Gasteiger partial charge < -0.3 is 19.4 Å². The van der Waals surface area contributed by atoms with Crippen molar-refractivity contribution in [3.63, 3.8) is 0 Å². The van der Waals surface area contributed by atoms with E-state index in [0.29, 0.717) is 43.4 Å². The molecule has 0 unspecified atom stereocenters. The summed E-state index contributed by atoms with van der Waals surface area (Å²) in [4.78, 5) is 50.4. The molecule has 2 amide bonds. The first kappa shape index (κ1) is 25.4. The van der Waals surface area contributed by atoms with Gasteiger partial charge in [0.15, 0.2) is 11.9 Å². The Morgan fingerprint density at radius 2 is 1.75 bits per heavy atom. The lowest BCUT2D eigenvalue weighted by atomic mass is 9.99. The number of halogens is 3. The zero-order chi connectivity index (χ0) is 26.0. The molecule has 36 heavy (non-hydrogen) atoms. The molecule has 2 aliphatic rings. The van der Waals surface area contributed by atoms with Crippen LogP contribution < -0.4 is 14.5 Å². The largest absolute Gasteiger partial charge is 0.481 e. The van der Waals surface area contributed by atoms with Crippen LogP contribution in [-0.2, 0) is 9.59 Å². The van der Waals surface area contributed by atoms with Gasteiger partial charge in [-0.2, -0.15) is 13.2 Å². The Balaban J connectivity index is 1.30. The second-order valence-electron chi connectivity index (χ2n) is 9.02. The van der Waals surface area contributed by atoms with E-state index >= 15 is 0 Å². The first-order valence-electron chi connectivity index (χ1n) is 11.5. The molecule has 12 heteroatoms. The number of alkyl halides is 3. The maximum Gasteiger partial charge on any atom is 0.389 e. The summed E-state index contributed by atoms with van der Waals surface area (Å²) in [5.74, 6) is -0.0481. The van der Waals surface area contributed by atoms with Crippen molar-refractivity contribution in [1.82, 2.24) is 14.9 Å². The summed E-state index contributed by atoms with van der Waals surface area (Å²) in [5, 5.41) is 0. The molecule has 2 aliphatic heterocycles. The van der Waals surface area contributed by atoms with E-state index in [1.54, 1.807) is 31.4 Å². The van der Waals surface area contributed by atoms with Gasteiger partial charge in [-0.3, -0.25) is 14.4 Å². The molecule has 192 valence electrons. The Labute approximate surface area is 205 Å². The predicted octanol–water partition coefficient (Wildman–Crippen LogP) is 2.71. The highest BCUT2D eigenvalue weighted by atomic mass is 19.4. The number of rotatable bonds is 8.